The molecular weight excluding hydrogens is 1100 g/mol. The third-order valence-corrected chi connectivity index (χ3v) is 14.7. The van der Waals surface area contributed by atoms with Crippen LogP contribution in [0.4, 0.5) is 0 Å². The number of halogens is 3. The maximum absolute atomic E-state index is 11.2. The van der Waals surface area contributed by atoms with Crippen LogP contribution < -0.4 is 31.8 Å². The zero-order valence-corrected chi connectivity index (χ0v) is 45.1. The maximum atomic E-state index is 11.2. The Hall–Kier alpha value is -5.38. The molecule has 0 unspecified atom stereocenters. The second kappa shape index (κ2) is 35.7. The second-order valence-electron chi connectivity index (χ2n) is 13.7. The van der Waals surface area contributed by atoms with Gasteiger partial charge in [0, 0.05) is 12.4 Å². The van der Waals surface area contributed by atoms with Gasteiger partial charge in [0.05, 0.1) is 18.7 Å². The molecular formula is C57H55BrCl2N2O4P2Pd. The number of allylic oxidation sites excluding steroid dienone is 2. The molecule has 0 radical (unpaired) electrons. The SMILES string of the molecule is C=CCC.C=CCc1cccnc1C(=O)OC.COC(=O)c1ncccc1Br.[Cl][Pd][Cl].c1ccc(P(c2ccccc2)c2ccccc2)cc1.c1ccc(P(c2ccccc2)c2ccccc2)cc1. The second-order valence-corrected chi connectivity index (χ2v) is 21.4. The van der Waals surface area contributed by atoms with E-state index in [4.69, 9.17) is 19.1 Å². The predicted molar refractivity (Wildman–Crippen MR) is 295 cm³/mol. The maximum Gasteiger partial charge on any atom is -0.0134 e. The molecule has 2 heterocycles. The molecule has 0 atom stereocenters. The number of pyridine rings is 2. The van der Waals surface area contributed by atoms with Crippen LogP contribution in [-0.2, 0) is 31.8 Å². The van der Waals surface area contributed by atoms with E-state index in [2.05, 4.69) is 237 Å². The molecule has 12 heteroatoms. The molecule has 0 N–H and O–H groups in total. The van der Waals surface area contributed by atoms with E-state index in [1.54, 1.807) is 30.5 Å². The number of methoxy groups -OCH3 is 2. The van der Waals surface area contributed by atoms with Crippen molar-refractivity contribution in [3.8, 4) is 0 Å². The van der Waals surface area contributed by atoms with Gasteiger partial charge in [0.1, 0.15) is 0 Å². The first-order chi connectivity index (χ1) is 33.8. The van der Waals surface area contributed by atoms with Gasteiger partial charge in [0.15, 0.2) is 11.4 Å². The van der Waals surface area contributed by atoms with Gasteiger partial charge in [-0.1, -0.05) is 207 Å². The van der Waals surface area contributed by atoms with E-state index >= 15 is 0 Å². The van der Waals surface area contributed by atoms with Crippen LogP contribution in [0.15, 0.2) is 248 Å². The molecule has 358 valence electrons. The zero-order valence-electron chi connectivity index (χ0n) is 38.6. The monoisotopic (exact) mass is 1150 g/mol. The molecule has 69 heavy (non-hydrogen) atoms. The van der Waals surface area contributed by atoms with Crippen LogP contribution in [0.25, 0.3) is 0 Å². The summed E-state index contributed by atoms with van der Waals surface area (Å²) in [5.41, 5.74) is 1.50. The number of esters is 2. The van der Waals surface area contributed by atoms with Crippen LogP contribution in [0.1, 0.15) is 39.9 Å². The number of ether oxygens (including phenoxy) is 2. The summed E-state index contributed by atoms with van der Waals surface area (Å²) in [6, 6.07) is 71.7. The summed E-state index contributed by atoms with van der Waals surface area (Å²) in [6.07, 6.45) is 8.41. The quantitative estimate of drug-likeness (QED) is 0.0556. The van der Waals surface area contributed by atoms with E-state index in [0.29, 0.717) is 22.3 Å². The summed E-state index contributed by atoms with van der Waals surface area (Å²) in [5.74, 6) is -0.838. The number of carbonyl (C=O) groups excluding carboxylic acids is 2. The Labute approximate surface area is 435 Å². The molecule has 8 aromatic rings. The van der Waals surface area contributed by atoms with E-state index in [1.807, 2.05) is 12.1 Å². The molecule has 0 amide bonds. The van der Waals surface area contributed by atoms with Crippen molar-refractivity contribution in [2.75, 3.05) is 14.2 Å². The smallest absolute Gasteiger partial charge is 0.0134 e. The van der Waals surface area contributed by atoms with E-state index in [1.165, 1.54) is 52.2 Å². The van der Waals surface area contributed by atoms with Crippen molar-refractivity contribution in [3.63, 3.8) is 0 Å². The van der Waals surface area contributed by atoms with Crippen LogP contribution in [0, 0.1) is 0 Å². The Bertz CT molecular complexity index is 2340. The summed E-state index contributed by atoms with van der Waals surface area (Å²) in [7, 11) is 11.4. The summed E-state index contributed by atoms with van der Waals surface area (Å²) < 4.78 is 9.72. The summed E-state index contributed by atoms with van der Waals surface area (Å²) in [6.45, 7) is 9.14. The van der Waals surface area contributed by atoms with Crippen molar-refractivity contribution in [3.05, 3.63) is 265 Å². The number of aromatic nitrogens is 2. The van der Waals surface area contributed by atoms with Crippen LogP contribution >= 0.6 is 50.8 Å². The van der Waals surface area contributed by atoms with Gasteiger partial charge in [0.2, 0.25) is 0 Å². The van der Waals surface area contributed by atoms with Gasteiger partial charge in [-0.2, -0.15) is 0 Å². The first-order valence-electron chi connectivity index (χ1n) is 21.4. The van der Waals surface area contributed by atoms with Gasteiger partial charge >= 0.3 is 46.9 Å². The number of hydrogen-bond acceptors (Lipinski definition) is 6. The fourth-order valence-corrected chi connectivity index (χ4v) is 11.1. The van der Waals surface area contributed by atoms with Gasteiger partial charge in [-0.15, -0.1) is 13.2 Å². The zero-order chi connectivity index (χ0) is 49.9. The minimum absolute atomic E-state index is 0.106. The van der Waals surface area contributed by atoms with Crippen LogP contribution in [0.2, 0.25) is 0 Å². The summed E-state index contributed by atoms with van der Waals surface area (Å²) in [4.78, 5) is 29.9. The fraction of sp³-hybridized carbons (Fsp3) is 0.0877. The molecule has 0 fully saturated rings. The normalized spacial score (nSPS) is 9.74. The molecule has 6 aromatic carbocycles. The minimum Gasteiger partial charge on any atom is -0.0622 e. The third-order valence-electron chi connectivity index (χ3n) is 9.15. The van der Waals surface area contributed by atoms with Crippen molar-refractivity contribution in [1.29, 1.82) is 0 Å². The van der Waals surface area contributed by atoms with Crippen LogP contribution in [0.5, 0.6) is 0 Å². The molecule has 0 spiro atoms. The fourth-order valence-electron chi connectivity index (χ4n) is 6.03. The van der Waals surface area contributed by atoms with E-state index in [0.717, 1.165) is 12.0 Å². The topological polar surface area (TPSA) is 78.4 Å². The van der Waals surface area contributed by atoms with Crippen molar-refractivity contribution in [2.24, 2.45) is 0 Å². The molecule has 6 nitrogen and oxygen atoms in total. The molecule has 0 aliphatic carbocycles. The number of hydrogen-bond donors (Lipinski definition) is 0. The molecule has 0 aliphatic rings. The van der Waals surface area contributed by atoms with Gasteiger partial charge in [-0.25, -0.2) is 19.6 Å². The average Bonchev–Trinajstić information content (AvgIpc) is 3.41. The molecule has 0 saturated heterocycles. The Balaban J connectivity index is 0.000000238. The first-order valence-corrected chi connectivity index (χ1v) is 28.9. The first kappa shape index (κ1) is 57.9. The van der Waals surface area contributed by atoms with Crippen molar-refractivity contribution >= 4 is 94.6 Å². The molecule has 0 aliphatic heterocycles. The average molecular weight is 1150 g/mol. The minimum atomic E-state index is -0.446. The van der Waals surface area contributed by atoms with Gasteiger partial charge in [0.25, 0.3) is 0 Å². The molecule has 2 aromatic heterocycles. The Kier molecular flexibility index (Phi) is 30.0. The predicted octanol–water partition coefficient (Wildman–Crippen LogP) is 13.1. The van der Waals surface area contributed by atoms with Crippen LogP contribution in [-0.4, -0.2) is 36.1 Å². The standard InChI is InChI=1S/2C18H15P.C10H11NO2.C7H6BrNO2.C4H8.2ClH.Pd/c2*1-4-10-16(11-5-1)19(17-12-6-2-7-13-17)18-14-8-3-9-15-18;1-3-5-8-6-4-7-11-9(8)10(12)13-2;1-11-7(10)6-5(8)3-2-4-9-6;1-3-4-2;;;/h2*1-15H;3-4,6-7H,1,5H2,2H3;2-4H,1H3;3H,1,4H2,2H3;2*1H;/q;;;;;;;+2/p-2. The van der Waals surface area contributed by atoms with Crippen molar-refractivity contribution < 1.29 is 35.0 Å². The van der Waals surface area contributed by atoms with Gasteiger partial charge < -0.3 is 9.47 Å². The summed E-state index contributed by atoms with van der Waals surface area (Å²) >= 11 is 3.07. The number of rotatable bonds is 11. The third kappa shape index (κ3) is 21.0. The van der Waals surface area contributed by atoms with E-state index in [-0.39, 0.29) is 15.9 Å². The molecule has 0 bridgehead atoms. The largest absolute Gasteiger partial charge is 0.0622 e. The Morgan fingerprint density at radius 3 is 1.04 bits per heavy atom. The van der Waals surface area contributed by atoms with Crippen LogP contribution in [0.3, 0.4) is 0 Å². The Morgan fingerprint density at radius 2 is 0.783 bits per heavy atom. The van der Waals surface area contributed by atoms with Gasteiger partial charge in [-0.3, -0.25) is 0 Å². The van der Waals surface area contributed by atoms with Crippen molar-refractivity contribution in [2.45, 2.75) is 19.8 Å². The molecule has 0 saturated carbocycles. The van der Waals surface area contributed by atoms with Crippen molar-refractivity contribution in [1.82, 2.24) is 9.97 Å². The summed E-state index contributed by atoms with van der Waals surface area (Å²) in [5, 5.41) is 8.39. The Morgan fingerprint density at radius 1 is 0.507 bits per heavy atom. The number of nitrogens with zero attached hydrogens (tertiary/aromatic N) is 2. The number of carbonyl (C=O) groups is 2. The molecule has 8 rings (SSSR count). The van der Waals surface area contributed by atoms with Gasteiger partial charge in [-0.05, 0) is 100 Å². The van der Waals surface area contributed by atoms with E-state index in [9.17, 15) is 9.59 Å². The van der Waals surface area contributed by atoms with E-state index < -0.39 is 27.8 Å². The number of benzene rings is 6.